The molecule has 1 saturated heterocycles. The monoisotopic (exact) mass is 438 g/mol. The minimum Gasteiger partial charge on any atom is -0.486 e. The van der Waals surface area contributed by atoms with Gasteiger partial charge >= 0.3 is 0 Å². The van der Waals surface area contributed by atoms with E-state index >= 15 is 0 Å². The zero-order valence-electron chi connectivity index (χ0n) is 18.4. The van der Waals surface area contributed by atoms with Crippen LogP contribution >= 0.6 is 0 Å². The lowest BCUT2D eigenvalue weighted by Gasteiger charge is -2.44. The van der Waals surface area contributed by atoms with Crippen molar-refractivity contribution in [3.63, 3.8) is 0 Å². The average Bonchev–Trinajstić information content (AvgIpc) is 2.76. The molecule has 6 nitrogen and oxygen atoms in total. The van der Waals surface area contributed by atoms with Gasteiger partial charge in [0.25, 0.3) is 0 Å². The highest BCUT2D eigenvalue weighted by Crippen LogP contribution is 2.40. The van der Waals surface area contributed by atoms with Crippen LogP contribution in [0.25, 0.3) is 0 Å². The minimum atomic E-state index is -0.567. The zero-order chi connectivity index (χ0) is 22.9. The number of hydrogen-bond acceptors (Lipinski definition) is 4. The van der Waals surface area contributed by atoms with E-state index in [4.69, 9.17) is 4.74 Å². The molecule has 168 valence electrons. The van der Waals surface area contributed by atoms with E-state index in [0.29, 0.717) is 49.4 Å². The van der Waals surface area contributed by atoms with E-state index in [1.165, 1.54) is 24.3 Å². The fourth-order valence-corrected chi connectivity index (χ4v) is 4.33. The summed E-state index contributed by atoms with van der Waals surface area (Å²) < 4.78 is 19.3. The van der Waals surface area contributed by atoms with Crippen molar-refractivity contribution in [1.82, 2.24) is 4.90 Å². The van der Waals surface area contributed by atoms with Crippen LogP contribution in [-0.4, -0.2) is 41.2 Å². The van der Waals surface area contributed by atoms with Gasteiger partial charge in [-0.2, -0.15) is 0 Å². The molecule has 2 aromatic rings. The number of carbonyl (C=O) groups is 3. The first-order chi connectivity index (χ1) is 15.2. The first-order valence-corrected chi connectivity index (χ1v) is 10.9. The number of ketones is 1. The number of anilines is 1. The first-order valence-electron chi connectivity index (χ1n) is 10.9. The lowest BCUT2D eigenvalue weighted by Crippen LogP contribution is -2.52. The molecular formula is C25H27FN2O4. The predicted molar refractivity (Wildman–Crippen MR) is 118 cm³/mol. The molecule has 1 fully saturated rings. The van der Waals surface area contributed by atoms with Crippen molar-refractivity contribution in [3.8, 4) is 5.75 Å². The Morgan fingerprint density at radius 1 is 1.06 bits per heavy atom. The quantitative estimate of drug-likeness (QED) is 0.777. The maximum Gasteiger partial charge on any atom is 0.224 e. The number of halogens is 1. The number of hydrogen-bond donors (Lipinski definition) is 1. The van der Waals surface area contributed by atoms with Crippen LogP contribution in [0.5, 0.6) is 5.75 Å². The maximum absolute atomic E-state index is 13.0. The van der Waals surface area contributed by atoms with Crippen molar-refractivity contribution in [3.05, 3.63) is 58.9 Å². The summed E-state index contributed by atoms with van der Waals surface area (Å²) in [6.07, 6.45) is 1.64. The Bertz CT molecular complexity index is 1060. The van der Waals surface area contributed by atoms with Crippen LogP contribution in [0.2, 0.25) is 0 Å². The molecule has 0 bridgehead atoms. The number of aryl methyl sites for hydroxylation is 2. The molecule has 1 spiro atoms. The van der Waals surface area contributed by atoms with Gasteiger partial charge in [-0.25, -0.2) is 4.39 Å². The van der Waals surface area contributed by atoms with Gasteiger partial charge in [-0.3, -0.25) is 14.4 Å². The second-order valence-electron chi connectivity index (χ2n) is 8.75. The van der Waals surface area contributed by atoms with E-state index in [1.54, 1.807) is 4.90 Å². The van der Waals surface area contributed by atoms with Crippen LogP contribution in [-0.2, 0) is 9.59 Å². The Kier molecular flexibility index (Phi) is 6.00. The Morgan fingerprint density at radius 3 is 2.41 bits per heavy atom. The summed E-state index contributed by atoms with van der Waals surface area (Å²) in [6, 6.07) is 9.32. The van der Waals surface area contributed by atoms with Gasteiger partial charge in [0, 0.05) is 44.5 Å². The lowest BCUT2D eigenvalue weighted by molar-refractivity contribution is -0.136. The van der Waals surface area contributed by atoms with E-state index in [-0.39, 0.29) is 36.3 Å². The maximum atomic E-state index is 13.0. The van der Waals surface area contributed by atoms with Gasteiger partial charge in [0.05, 0.1) is 12.0 Å². The Hall–Kier alpha value is -3.22. The van der Waals surface area contributed by atoms with Crippen LogP contribution in [0.15, 0.2) is 36.4 Å². The Balaban J connectivity index is 1.30. The van der Waals surface area contributed by atoms with Crippen LogP contribution in [0, 0.1) is 19.7 Å². The molecule has 7 heteroatoms. The summed E-state index contributed by atoms with van der Waals surface area (Å²) in [4.78, 5) is 39.2. The second kappa shape index (κ2) is 8.73. The molecule has 2 aliphatic rings. The number of nitrogens with one attached hydrogen (secondary N) is 1. The molecule has 0 aromatic heterocycles. The van der Waals surface area contributed by atoms with Crippen LogP contribution in [0.1, 0.15) is 53.6 Å². The van der Waals surface area contributed by atoms with Crippen LogP contribution in [0.3, 0.4) is 0 Å². The van der Waals surface area contributed by atoms with Crippen molar-refractivity contribution < 1.29 is 23.5 Å². The zero-order valence-corrected chi connectivity index (χ0v) is 18.4. The van der Waals surface area contributed by atoms with Gasteiger partial charge in [-0.15, -0.1) is 0 Å². The first kappa shape index (κ1) is 22.0. The number of Topliss-reactive ketones (excluding diaryl/α,β-unsaturated/α-hetero) is 1. The predicted octanol–water partition coefficient (Wildman–Crippen LogP) is 4.19. The SMILES string of the molecule is Cc1cc2c(cc1C)C(=O)CC1(CCN(C(=O)CCC(=O)Nc3ccc(F)cc3)CC1)O2. The topological polar surface area (TPSA) is 75.7 Å². The number of likely N-dealkylation sites (tertiary alicyclic amines) is 1. The van der Waals surface area contributed by atoms with Gasteiger partial charge in [0.2, 0.25) is 11.8 Å². The van der Waals surface area contributed by atoms with E-state index < -0.39 is 5.60 Å². The number of fused-ring (bicyclic) bond motifs is 1. The highest BCUT2D eigenvalue weighted by Gasteiger charge is 2.43. The molecule has 2 heterocycles. The molecular weight excluding hydrogens is 411 g/mol. The van der Waals surface area contributed by atoms with Gasteiger partial charge in [-0.1, -0.05) is 0 Å². The Labute approximate surface area is 186 Å². The fraction of sp³-hybridized carbons (Fsp3) is 0.400. The van der Waals surface area contributed by atoms with Crippen molar-refractivity contribution in [2.75, 3.05) is 18.4 Å². The number of benzene rings is 2. The number of rotatable bonds is 4. The van der Waals surface area contributed by atoms with E-state index in [0.717, 1.165) is 11.1 Å². The summed E-state index contributed by atoms with van der Waals surface area (Å²) in [5.74, 6) is -0.0309. The van der Waals surface area contributed by atoms with Gasteiger partial charge in [0.1, 0.15) is 17.2 Å². The standard InChI is InChI=1S/C25H27FN2O4/c1-16-13-20-21(29)15-25(32-22(20)14-17(16)2)9-11-28(12-10-25)24(31)8-7-23(30)27-19-5-3-18(26)4-6-19/h3-6,13-14H,7-12,15H2,1-2H3,(H,27,30). The molecule has 1 N–H and O–H groups in total. The number of ether oxygens (including phenoxy) is 1. The molecule has 2 amide bonds. The third-order valence-corrected chi connectivity index (χ3v) is 6.43. The van der Waals surface area contributed by atoms with E-state index in [2.05, 4.69) is 5.32 Å². The van der Waals surface area contributed by atoms with Gasteiger partial charge < -0.3 is 15.0 Å². The van der Waals surface area contributed by atoms with Gasteiger partial charge in [-0.05, 0) is 61.4 Å². The molecule has 0 aliphatic carbocycles. The minimum absolute atomic E-state index is 0.0544. The summed E-state index contributed by atoms with van der Waals surface area (Å²) in [7, 11) is 0. The molecule has 2 aliphatic heterocycles. The lowest BCUT2D eigenvalue weighted by atomic mass is 9.82. The van der Waals surface area contributed by atoms with Crippen molar-refractivity contribution in [2.24, 2.45) is 0 Å². The summed E-state index contributed by atoms with van der Waals surface area (Å²) in [5, 5.41) is 2.66. The van der Waals surface area contributed by atoms with E-state index in [1.807, 2.05) is 26.0 Å². The molecule has 0 atom stereocenters. The molecule has 4 rings (SSSR count). The third kappa shape index (κ3) is 4.66. The van der Waals surface area contributed by atoms with Crippen LogP contribution < -0.4 is 10.1 Å². The Morgan fingerprint density at radius 2 is 1.72 bits per heavy atom. The number of piperidine rings is 1. The molecule has 0 radical (unpaired) electrons. The summed E-state index contributed by atoms with van der Waals surface area (Å²) >= 11 is 0. The highest BCUT2D eigenvalue weighted by atomic mass is 19.1. The van der Waals surface area contributed by atoms with Gasteiger partial charge in [0.15, 0.2) is 5.78 Å². The highest BCUT2D eigenvalue weighted by molar-refractivity contribution is 6.00. The number of carbonyl (C=O) groups excluding carboxylic acids is 3. The molecule has 0 unspecified atom stereocenters. The van der Waals surface area contributed by atoms with E-state index in [9.17, 15) is 18.8 Å². The summed E-state index contributed by atoms with van der Waals surface area (Å²) in [6.45, 7) is 4.97. The number of amides is 2. The molecule has 2 aromatic carbocycles. The summed E-state index contributed by atoms with van der Waals surface area (Å²) in [5.41, 5.74) is 2.72. The molecule has 32 heavy (non-hydrogen) atoms. The fourth-order valence-electron chi connectivity index (χ4n) is 4.33. The smallest absolute Gasteiger partial charge is 0.224 e. The van der Waals surface area contributed by atoms with Crippen molar-refractivity contribution >= 4 is 23.3 Å². The normalized spacial score (nSPS) is 17.0. The average molecular weight is 438 g/mol. The number of nitrogens with zero attached hydrogens (tertiary/aromatic N) is 1. The second-order valence-corrected chi connectivity index (χ2v) is 8.75. The van der Waals surface area contributed by atoms with Crippen molar-refractivity contribution in [1.29, 1.82) is 0 Å². The van der Waals surface area contributed by atoms with Crippen LogP contribution in [0.4, 0.5) is 10.1 Å². The van der Waals surface area contributed by atoms with Crippen molar-refractivity contribution in [2.45, 2.75) is 51.6 Å². The third-order valence-electron chi connectivity index (χ3n) is 6.43. The molecule has 0 saturated carbocycles. The largest absolute Gasteiger partial charge is 0.486 e.